The van der Waals surface area contributed by atoms with Crippen molar-refractivity contribution in [1.82, 2.24) is 10.3 Å². The highest BCUT2D eigenvalue weighted by Crippen LogP contribution is 2.54. The number of hydrogen-bond acceptors (Lipinski definition) is 5. The van der Waals surface area contributed by atoms with Gasteiger partial charge >= 0.3 is 0 Å². The van der Waals surface area contributed by atoms with Crippen LogP contribution in [0.4, 0.5) is 5.69 Å². The second-order valence-corrected chi connectivity index (χ2v) is 7.07. The minimum atomic E-state index is -1.34. The van der Waals surface area contributed by atoms with Gasteiger partial charge < -0.3 is 10.2 Å². The lowest BCUT2D eigenvalue weighted by atomic mass is 10.0. The molecule has 7 nitrogen and oxygen atoms in total. The van der Waals surface area contributed by atoms with Crippen molar-refractivity contribution in [3.8, 4) is 0 Å². The van der Waals surface area contributed by atoms with E-state index in [2.05, 4.69) is 17.0 Å². The predicted octanol–water partition coefficient (Wildman–Crippen LogP) is 1.68. The van der Waals surface area contributed by atoms with Crippen molar-refractivity contribution in [2.75, 3.05) is 11.4 Å². The minimum Gasteiger partial charge on any atom is -0.305 e. The zero-order valence-corrected chi connectivity index (χ0v) is 15.0. The molecule has 1 spiro atoms. The maximum absolute atomic E-state index is 13.3. The number of thioether (sulfide) groups is 1. The molecule has 0 aliphatic carbocycles. The molecule has 0 saturated carbocycles. The Morgan fingerprint density at radius 2 is 2.12 bits per heavy atom. The fourth-order valence-electron chi connectivity index (χ4n) is 3.04. The Hall–Kier alpha value is -2.61. The lowest BCUT2D eigenvalue weighted by molar-refractivity contribution is -0.139. The summed E-state index contributed by atoms with van der Waals surface area (Å²) in [6, 6.07) is 5.65. The van der Waals surface area contributed by atoms with E-state index in [4.69, 9.17) is 0 Å². The van der Waals surface area contributed by atoms with Crippen molar-refractivity contribution < 1.29 is 14.4 Å². The molecule has 0 bridgehead atoms. The first-order valence-electron chi connectivity index (χ1n) is 7.71. The maximum Gasteiger partial charge on any atom is 0.271 e. The van der Waals surface area contributed by atoms with E-state index < -0.39 is 4.87 Å². The van der Waals surface area contributed by atoms with Gasteiger partial charge in [0.25, 0.3) is 5.91 Å². The summed E-state index contributed by atoms with van der Waals surface area (Å²) in [5, 5.41) is 8.16. The van der Waals surface area contributed by atoms with Crippen molar-refractivity contribution in [2.45, 2.75) is 25.6 Å². The van der Waals surface area contributed by atoms with Crippen molar-refractivity contribution >= 4 is 40.3 Å². The van der Waals surface area contributed by atoms with Crippen molar-refractivity contribution in [3.05, 3.63) is 42.0 Å². The molecule has 8 heteroatoms. The van der Waals surface area contributed by atoms with Crippen LogP contribution < -0.4 is 10.2 Å². The first kappa shape index (κ1) is 17.2. The molecule has 2 aliphatic heterocycles. The van der Waals surface area contributed by atoms with Crippen molar-refractivity contribution in [1.29, 1.82) is 0 Å². The van der Waals surface area contributed by atoms with E-state index in [9.17, 15) is 14.4 Å². The highest BCUT2D eigenvalue weighted by atomic mass is 32.2. The Bertz CT molecular complexity index is 835. The highest BCUT2D eigenvalue weighted by molar-refractivity contribution is 8.15. The fraction of sp³-hybridized carbons (Fsp3) is 0.294. The molecule has 2 aliphatic rings. The van der Waals surface area contributed by atoms with Gasteiger partial charge in [-0.05, 0) is 24.8 Å². The molecule has 1 atom stereocenters. The van der Waals surface area contributed by atoms with Crippen LogP contribution in [0.25, 0.3) is 0 Å². The molecule has 0 saturated heterocycles. The van der Waals surface area contributed by atoms with Crippen LogP contribution in [0, 0.1) is 6.92 Å². The molecule has 1 N–H and O–H groups in total. The number of nitrogens with one attached hydrogen (secondary N) is 1. The van der Waals surface area contributed by atoms with Crippen LogP contribution in [0.2, 0.25) is 0 Å². The average molecular weight is 358 g/mol. The molecular formula is C17H18N4O3S. The number of rotatable bonds is 2. The van der Waals surface area contributed by atoms with Crippen molar-refractivity contribution in [3.63, 3.8) is 0 Å². The summed E-state index contributed by atoms with van der Waals surface area (Å²) in [5.74, 6) is -0.976. The third kappa shape index (κ3) is 2.53. The number of carbonyl (C=O) groups excluding carboxylic acids is 3. The van der Waals surface area contributed by atoms with Gasteiger partial charge in [-0.15, -0.1) is 11.7 Å². The van der Waals surface area contributed by atoms with Crippen LogP contribution >= 0.6 is 11.8 Å². The maximum atomic E-state index is 13.3. The molecule has 0 unspecified atom stereocenters. The molecule has 3 amide bonds. The number of aryl methyl sites for hydroxylation is 1. The van der Waals surface area contributed by atoms with Gasteiger partial charge in [-0.2, -0.15) is 5.01 Å². The summed E-state index contributed by atoms with van der Waals surface area (Å²) in [4.78, 5) is 37.2. The first-order valence-corrected chi connectivity index (χ1v) is 8.53. The summed E-state index contributed by atoms with van der Waals surface area (Å²) >= 11 is 1.07. The van der Waals surface area contributed by atoms with E-state index in [1.54, 1.807) is 11.0 Å². The highest BCUT2D eigenvalue weighted by Gasteiger charge is 2.60. The lowest BCUT2D eigenvalue weighted by Gasteiger charge is -2.29. The van der Waals surface area contributed by atoms with Crippen LogP contribution in [0.5, 0.6) is 0 Å². The smallest absolute Gasteiger partial charge is 0.271 e. The molecule has 1 aromatic carbocycles. The molecular weight excluding hydrogens is 340 g/mol. The largest absolute Gasteiger partial charge is 0.305 e. The van der Waals surface area contributed by atoms with E-state index in [-0.39, 0.29) is 22.9 Å². The molecule has 130 valence electrons. The Kier molecular flexibility index (Phi) is 4.16. The van der Waals surface area contributed by atoms with E-state index in [0.29, 0.717) is 17.8 Å². The van der Waals surface area contributed by atoms with Crippen LogP contribution in [-0.4, -0.2) is 34.4 Å². The SMILES string of the molecule is C=CCN1C(=O)[C@]2(SC(NC(C)=O)=NN2C(C)=O)c2cc(C)ccc21. The van der Waals surface area contributed by atoms with Gasteiger partial charge in [-0.25, -0.2) is 0 Å². The zero-order chi connectivity index (χ0) is 18.4. The third-order valence-corrected chi connectivity index (χ3v) is 5.21. The number of benzene rings is 1. The second-order valence-electron chi connectivity index (χ2n) is 5.89. The number of hydrazone groups is 1. The number of fused-ring (bicyclic) bond motifs is 2. The van der Waals surface area contributed by atoms with Crippen LogP contribution in [0.15, 0.2) is 36.0 Å². The number of hydrogen-bond donors (Lipinski definition) is 1. The summed E-state index contributed by atoms with van der Waals surface area (Å²) in [7, 11) is 0. The Morgan fingerprint density at radius 1 is 1.40 bits per heavy atom. The second kappa shape index (κ2) is 6.03. The molecule has 0 aromatic heterocycles. The monoisotopic (exact) mass is 358 g/mol. The normalized spacial score (nSPS) is 21.4. The average Bonchev–Trinajstić information content (AvgIpc) is 3.00. The number of anilines is 1. The number of amidine groups is 1. The van der Waals surface area contributed by atoms with Gasteiger partial charge in [0.05, 0.1) is 5.69 Å². The van der Waals surface area contributed by atoms with E-state index in [0.717, 1.165) is 22.3 Å². The number of amides is 3. The molecule has 0 radical (unpaired) electrons. The van der Waals surface area contributed by atoms with Gasteiger partial charge in [-0.3, -0.25) is 14.4 Å². The minimum absolute atomic E-state index is 0.226. The quantitative estimate of drug-likeness (QED) is 0.816. The van der Waals surface area contributed by atoms with Crippen LogP contribution in [-0.2, 0) is 19.3 Å². The topological polar surface area (TPSA) is 82.1 Å². The Morgan fingerprint density at radius 3 is 2.72 bits per heavy atom. The standard InChI is InChI=1S/C17H18N4O3S/c1-5-8-20-14-7-6-10(2)9-13(14)17(15(20)24)21(12(4)23)19-16(25-17)18-11(3)22/h5-7,9H,1,8H2,2-4H3,(H,18,19,22)/t17-/m1/s1. The van der Waals surface area contributed by atoms with Gasteiger partial charge in [0, 0.05) is 26.0 Å². The summed E-state index contributed by atoms with van der Waals surface area (Å²) in [5.41, 5.74) is 2.36. The molecule has 25 heavy (non-hydrogen) atoms. The molecule has 2 heterocycles. The van der Waals surface area contributed by atoms with E-state index in [1.165, 1.54) is 13.8 Å². The number of carbonyl (C=O) groups is 3. The summed E-state index contributed by atoms with van der Waals surface area (Å²) in [6.45, 7) is 8.64. The lowest BCUT2D eigenvalue weighted by Crippen LogP contribution is -2.48. The number of nitrogens with zero attached hydrogens (tertiary/aromatic N) is 3. The summed E-state index contributed by atoms with van der Waals surface area (Å²) < 4.78 is 0. The zero-order valence-electron chi connectivity index (χ0n) is 14.2. The van der Waals surface area contributed by atoms with Crippen LogP contribution in [0.3, 0.4) is 0 Å². The Balaban J connectivity index is 2.18. The fourth-order valence-corrected chi connectivity index (χ4v) is 4.36. The summed E-state index contributed by atoms with van der Waals surface area (Å²) in [6.07, 6.45) is 1.63. The third-order valence-electron chi connectivity index (χ3n) is 3.97. The molecule has 1 aromatic rings. The molecule has 3 rings (SSSR count). The predicted molar refractivity (Wildman–Crippen MR) is 96.8 cm³/mol. The van der Waals surface area contributed by atoms with Gasteiger partial charge in [0.15, 0.2) is 5.17 Å². The molecule has 0 fully saturated rings. The van der Waals surface area contributed by atoms with E-state index in [1.807, 2.05) is 25.1 Å². The van der Waals surface area contributed by atoms with Gasteiger partial charge in [-0.1, -0.05) is 23.8 Å². The Labute approximate surface area is 149 Å². The first-order chi connectivity index (χ1) is 11.8. The van der Waals surface area contributed by atoms with Crippen LogP contribution in [0.1, 0.15) is 25.0 Å². The van der Waals surface area contributed by atoms with Crippen molar-refractivity contribution in [2.24, 2.45) is 5.10 Å². The van der Waals surface area contributed by atoms with E-state index >= 15 is 0 Å². The van der Waals surface area contributed by atoms with Gasteiger partial charge in [0.2, 0.25) is 16.7 Å². The van der Waals surface area contributed by atoms with Gasteiger partial charge in [0.1, 0.15) is 0 Å².